The second-order valence-corrected chi connectivity index (χ2v) is 8.93. The fourth-order valence-corrected chi connectivity index (χ4v) is 5.15. The number of nitrogens with zero attached hydrogens (tertiary/aromatic N) is 2. The van der Waals surface area contributed by atoms with Crippen molar-refractivity contribution in [1.29, 1.82) is 0 Å². The van der Waals surface area contributed by atoms with Gasteiger partial charge in [-0.05, 0) is 23.6 Å². The highest BCUT2D eigenvalue weighted by Gasteiger charge is 2.42. The van der Waals surface area contributed by atoms with Gasteiger partial charge < -0.3 is 4.74 Å². The van der Waals surface area contributed by atoms with E-state index in [9.17, 15) is 4.79 Å². The van der Waals surface area contributed by atoms with Crippen molar-refractivity contribution in [1.82, 2.24) is 15.2 Å². The minimum atomic E-state index is -0.782. The molecule has 0 saturated carbocycles. The number of aromatic nitrogens is 3. The number of carbonyl (C=O) groups excluding carboxylic acids is 1. The van der Waals surface area contributed by atoms with Gasteiger partial charge in [-0.1, -0.05) is 103 Å². The van der Waals surface area contributed by atoms with E-state index in [1.54, 1.807) is 13.0 Å². The van der Waals surface area contributed by atoms with Crippen LogP contribution < -0.4 is 0 Å². The summed E-state index contributed by atoms with van der Waals surface area (Å²) in [4.78, 5) is 17.2. The Morgan fingerprint density at radius 2 is 1.42 bits per heavy atom. The van der Waals surface area contributed by atoms with Gasteiger partial charge in [0, 0.05) is 23.6 Å². The molecule has 0 atom stereocenters. The molecule has 0 saturated heterocycles. The lowest BCUT2D eigenvalue weighted by Crippen LogP contribution is -2.32. The number of carbonyl (C=O) groups is 1. The Morgan fingerprint density at radius 3 is 1.92 bits per heavy atom. The maximum Gasteiger partial charge on any atom is 0.306 e. The maximum atomic E-state index is 12.2. The van der Waals surface area contributed by atoms with Crippen LogP contribution in [0.15, 0.2) is 97.1 Å². The third-order valence-corrected chi connectivity index (χ3v) is 6.63. The van der Waals surface area contributed by atoms with Gasteiger partial charge in [-0.15, -0.1) is 0 Å². The lowest BCUT2D eigenvalue weighted by atomic mass is 9.66. The summed E-state index contributed by atoms with van der Waals surface area (Å²) in [5.41, 5.74) is 4.67. The number of fused-ring (bicyclic) bond motifs is 1. The smallest absolute Gasteiger partial charge is 0.306 e. The van der Waals surface area contributed by atoms with Crippen LogP contribution in [0.1, 0.15) is 41.4 Å². The lowest BCUT2D eigenvalue weighted by molar-refractivity contribution is -0.143. The zero-order valence-corrected chi connectivity index (χ0v) is 20.7. The molecule has 2 heterocycles. The molecular weight excluding hydrogens is 470 g/mol. The zero-order valence-electron chi connectivity index (χ0n) is 19.9. The number of hydrogen-bond donors (Lipinski definition) is 1. The molecule has 0 radical (unpaired) electrons. The third kappa shape index (κ3) is 4.27. The second kappa shape index (κ2) is 10.3. The molecular formula is C30H26ClN3O2. The first kappa shape index (κ1) is 23.8. The average molecular weight is 496 g/mol. The van der Waals surface area contributed by atoms with E-state index in [0.717, 1.165) is 33.5 Å². The summed E-state index contributed by atoms with van der Waals surface area (Å²) >= 11 is 6.63. The van der Waals surface area contributed by atoms with Gasteiger partial charge in [-0.25, -0.2) is 4.98 Å². The Kier molecular flexibility index (Phi) is 6.83. The fraction of sp³-hybridized carbons (Fsp3) is 0.167. The van der Waals surface area contributed by atoms with Crippen molar-refractivity contribution in [2.45, 2.75) is 25.2 Å². The summed E-state index contributed by atoms with van der Waals surface area (Å²) < 4.78 is 5.17. The van der Waals surface area contributed by atoms with Gasteiger partial charge in [-0.2, -0.15) is 5.10 Å². The molecule has 0 amide bonds. The number of aryl methyl sites for hydroxylation is 1. The molecule has 0 aliphatic heterocycles. The van der Waals surface area contributed by atoms with Gasteiger partial charge in [0.2, 0.25) is 0 Å². The Hall–Kier alpha value is -3.96. The molecule has 36 heavy (non-hydrogen) atoms. The summed E-state index contributed by atoms with van der Waals surface area (Å²) in [7, 11) is 0. The van der Waals surface area contributed by atoms with Crippen LogP contribution in [-0.4, -0.2) is 27.8 Å². The number of hydrogen-bond acceptors (Lipinski definition) is 4. The van der Waals surface area contributed by atoms with E-state index >= 15 is 0 Å². The molecule has 0 aliphatic carbocycles. The van der Waals surface area contributed by atoms with E-state index < -0.39 is 5.41 Å². The SMILES string of the molecule is CCOC(=O)CCc1[nH]nc2cc(Cl)nc(C(c3ccccc3)(c3ccccc3)c3ccccc3)c12. The number of nitrogens with one attached hydrogen (secondary N) is 1. The highest BCUT2D eigenvalue weighted by molar-refractivity contribution is 6.30. The molecule has 3 aromatic carbocycles. The minimum Gasteiger partial charge on any atom is -0.466 e. The van der Waals surface area contributed by atoms with E-state index in [2.05, 4.69) is 46.6 Å². The number of rotatable bonds is 8. The number of benzene rings is 3. The van der Waals surface area contributed by atoms with Crippen molar-refractivity contribution in [3.63, 3.8) is 0 Å². The van der Waals surface area contributed by atoms with Crippen LogP contribution in [0.25, 0.3) is 10.9 Å². The van der Waals surface area contributed by atoms with Gasteiger partial charge in [0.05, 0.1) is 29.7 Å². The molecule has 6 heteroatoms. The summed E-state index contributed by atoms with van der Waals surface area (Å²) in [6.45, 7) is 2.16. The van der Waals surface area contributed by atoms with Crippen LogP contribution in [0.3, 0.4) is 0 Å². The predicted molar refractivity (Wildman–Crippen MR) is 142 cm³/mol. The van der Waals surface area contributed by atoms with Crippen molar-refractivity contribution < 1.29 is 9.53 Å². The molecule has 1 N–H and O–H groups in total. The van der Waals surface area contributed by atoms with E-state index in [-0.39, 0.29) is 12.4 Å². The maximum absolute atomic E-state index is 12.2. The minimum absolute atomic E-state index is 0.238. The molecule has 0 fully saturated rings. The van der Waals surface area contributed by atoms with Crippen molar-refractivity contribution in [3.05, 3.63) is 130 Å². The summed E-state index contributed by atoms with van der Waals surface area (Å²) in [5, 5.41) is 8.92. The molecule has 5 nitrogen and oxygen atoms in total. The number of esters is 1. The van der Waals surface area contributed by atoms with Crippen molar-refractivity contribution in [3.8, 4) is 0 Å². The van der Waals surface area contributed by atoms with E-state index in [1.165, 1.54) is 0 Å². The molecule has 2 aromatic heterocycles. The highest BCUT2D eigenvalue weighted by atomic mass is 35.5. The number of halogens is 1. The van der Waals surface area contributed by atoms with E-state index in [1.807, 2.05) is 54.6 Å². The van der Waals surface area contributed by atoms with Gasteiger partial charge in [0.25, 0.3) is 0 Å². The number of pyridine rings is 1. The highest BCUT2D eigenvalue weighted by Crippen LogP contribution is 2.47. The quantitative estimate of drug-likeness (QED) is 0.152. The van der Waals surface area contributed by atoms with E-state index in [4.69, 9.17) is 21.3 Å². The number of ether oxygens (including phenoxy) is 1. The monoisotopic (exact) mass is 495 g/mol. The normalized spacial score (nSPS) is 11.5. The molecule has 0 aliphatic rings. The van der Waals surface area contributed by atoms with E-state index in [0.29, 0.717) is 23.7 Å². The molecule has 180 valence electrons. The van der Waals surface area contributed by atoms with Gasteiger partial charge in [-0.3, -0.25) is 9.89 Å². The van der Waals surface area contributed by atoms with Crippen LogP contribution in [0.5, 0.6) is 0 Å². The van der Waals surface area contributed by atoms with Crippen molar-refractivity contribution in [2.75, 3.05) is 6.61 Å². The number of aromatic amines is 1. The van der Waals surface area contributed by atoms with Crippen LogP contribution >= 0.6 is 11.6 Å². The summed E-state index contributed by atoms with van der Waals surface area (Å²) in [5.74, 6) is -0.246. The van der Waals surface area contributed by atoms with Crippen molar-refractivity contribution in [2.24, 2.45) is 0 Å². The Labute approximate surface area is 215 Å². The lowest BCUT2D eigenvalue weighted by Gasteiger charge is -2.36. The standard InChI is InChI=1S/C30H26ClN3O2/c1-2-36-27(35)19-18-24-28-25(34-33-24)20-26(31)32-29(28)30(21-12-6-3-7-13-21,22-14-8-4-9-15-22)23-16-10-5-11-17-23/h3-17,20H,2,18-19H2,1H3,(H,33,34). The first-order chi connectivity index (χ1) is 17.6. The van der Waals surface area contributed by atoms with Gasteiger partial charge >= 0.3 is 5.97 Å². The predicted octanol–water partition coefficient (Wildman–Crippen LogP) is 6.49. The molecule has 5 rings (SSSR count). The molecule has 0 bridgehead atoms. The third-order valence-electron chi connectivity index (χ3n) is 6.44. The molecule has 5 aromatic rings. The fourth-order valence-electron chi connectivity index (χ4n) is 4.96. The first-order valence-electron chi connectivity index (χ1n) is 12.0. The first-order valence-corrected chi connectivity index (χ1v) is 12.4. The Bertz CT molecular complexity index is 1370. The number of H-pyrrole nitrogens is 1. The topological polar surface area (TPSA) is 67.9 Å². The zero-order chi connectivity index (χ0) is 25.0. The average Bonchev–Trinajstić information content (AvgIpc) is 3.32. The molecule has 0 spiro atoms. The molecule has 0 unspecified atom stereocenters. The Morgan fingerprint density at radius 1 is 0.889 bits per heavy atom. The van der Waals surface area contributed by atoms with Crippen molar-refractivity contribution >= 4 is 28.5 Å². The van der Waals surface area contributed by atoms with Crippen LogP contribution in [-0.2, 0) is 21.4 Å². The van der Waals surface area contributed by atoms with Gasteiger partial charge in [0.1, 0.15) is 5.15 Å². The largest absolute Gasteiger partial charge is 0.466 e. The van der Waals surface area contributed by atoms with Crippen LogP contribution in [0, 0.1) is 0 Å². The van der Waals surface area contributed by atoms with Crippen LogP contribution in [0.4, 0.5) is 0 Å². The summed E-state index contributed by atoms with van der Waals surface area (Å²) in [6.07, 6.45) is 0.683. The second-order valence-electron chi connectivity index (χ2n) is 8.54. The Balaban J connectivity index is 1.86. The van der Waals surface area contributed by atoms with Crippen LogP contribution in [0.2, 0.25) is 5.15 Å². The van der Waals surface area contributed by atoms with Gasteiger partial charge in [0.15, 0.2) is 0 Å². The summed E-state index contributed by atoms with van der Waals surface area (Å²) in [6, 6.07) is 32.7.